The fourth-order valence-corrected chi connectivity index (χ4v) is 2.93. The van der Waals surface area contributed by atoms with Gasteiger partial charge in [-0.1, -0.05) is 6.07 Å². The van der Waals surface area contributed by atoms with Crippen LogP contribution in [0.25, 0.3) is 10.9 Å². The summed E-state index contributed by atoms with van der Waals surface area (Å²) in [5, 5.41) is 13.2. The Balaban J connectivity index is 1.89. The van der Waals surface area contributed by atoms with Crippen molar-refractivity contribution in [3.63, 3.8) is 0 Å². The number of hydrogen-bond donors (Lipinski definition) is 2. The van der Waals surface area contributed by atoms with E-state index < -0.39 is 0 Å². The summed E-state index contributed by atoms with van der Waals surface area (Å²) in [6.07, 6.45) is 1.20. The minimum Gasteiger partial charge on any atom is -0.447 e. The highest BCUT2D eigenvalue weighted by atomic mass is 16.6. The van der Waals surface area contributed by atoms with E-state index in [1.807, 2.05) is 26.2 Å². The molecular weight excluding hydrogens is 292 g/mol. The molecule has 1 amide bonds. The maximum absolute atomic E-state index is 11.1. The predicted octanol–water partition coefficient (Wildman–Crippen LogP) is 1.79. The highest BCUT2D eigenvalue weighted by molar-refractivity contribution is 5.86. The number of alkyl carbamates (subject to hydrolysis) is 1. The Morgan fingerprint density at radius 2 is 2.26 bits per heavy atom. The van der Waals surface area contributed by atoms with Gasteiger partial charge in [-0.25, -0.2) is 4.79 Å². The van der Waals surface area contributed by atoms with Crippen LogP contribution in [0.15, 0.2) is 18.2 Å². The van der Waals surface area contributed by atoms with Crippen molar-refractivity contribution in [1.29, 1.82) is 5.26 Å². The maximum atomic E-state index is 11.1. The first-order valence-electron chi connectivity index (χ1n) is 7.68. The second-order valence-electron chi connectivity index (χ2n) is 6.17. The number of H-pyrrole nitrogens is 1. The van der Waals surface area contributed by atoms with Gasteiger partial charge in [0.25, 0.3) is 0 Å². The highest BCUT2D eigenvalue weighted by Crippen LogP contribution is 2.25. The molecule has 0 bridgehead atoms. The molecule has 1 aromatic heterocycles. The Labute approximate surface area is 135 Å². The summed E-state index contributed by atoms with van der Waals surface area (Å²) in [7, 11) is 4.05. The van der Waals surface area contributed by atoms with Gasteiger partial charge in [-0.2, -0.15) is 5.26 Å². The molecule has 0 saturated carbocycles. The zero-order chi connectivity index (χ0) is 16.4. The lowest BCUT2D eigenvalue weighted by molar-refractivity contribution is 0.177. The van der Waals surface area contributed by atoms with Crippen molar-refractivity contribution in [3.05, 3.63) is 35.0 Å². The standard InChI is InChI=1S/C17H20N4O2/c1-21(2)6-5-13-14-8-11(7-12-10-23-17(22)19-12)3-4-15(14)20-16(13)9-18/h3-4,8,12,20H,5-7,10H2,1-2H3,(H,19,22)/t12-/m0/s1. The summed E-state index contributed by atoms with van der Waals surface area (Å²) in [6.45, 7) is 1.29. The number of fused-ring (bicyclic) bond motifs is 1. The van der Waals surface area contributed by atoms with Gasteiger partial charge in [0.05, 0.1) is 6.04 Å². The number of aromatic nitrogens is 1. The molecule has 2 N–H and O–H groups in total. The van der Waals surface area contributed by atoms with E-state index in [0.717, 1.165) is 41.4 Å². The van der Waals surface area contributed by atoms with E-state index in [4.69, 9.17) is 4.74 Å². The van der Waals surface area contributed by atoms with Crippen LogP contribution in [-0.2, 0) is 17.6 Å². The van der Waals surface area contributed by atoms with Crippen molar-refractivity contribution in [3.8, 4) is 6.07 Å². The second kappa shape index (κ2) is 6.31. The third-order valence-electron chi connectivity index (χ3n) is 4.11. The minimum absolute atomic E-state index is 0.0135. The molecule has 3 rings (SSSR count). The first-order chi connectivity index (χ1) is 11.1. The molecule has 23 heavy (non-hydrogen) atoms. The molecule has 0 unspecified atom stereocenters. The number of nitrogens with zero attached hydrogens (tertiary/aromatic N) is 2. The molecule has 0 spiro atoms. The number of amides is 1. The predicted molar refractivity (Wildman–Crippen MR) is 87.2 cm³/mol. The molecule has 1 atom stereocenters. The van der Waals surface area contributed by atoms with Gasteiger partial charge >= 0.3 is 6.09 Å². The Bertz CT molecular complexity index is 773. The van der Waals surface area contributed by atoms with Crippen LogP contribution >= 0.6 is 0 Å². The van der Waals surface area contributed by atoms with Crippen LogP contribution in [0.2, 0.25) is 0 Å². The van der Waals surface area contributed by atoms with Crippen LogP contribution in [-0.4, -0.2) is 49.3 Å². The fourth-order valence-electron chi connectivity index (χ4n) is 2.93. The molecular formula is C17H20N4O2. The van der Waals surface area contributed by atoms with Crippen LogP contribution in [0, 0.1) is 11.3 Å². The fraction of sp³-hybridized carbons (Fsp3) is 0.412. The largest absolute Gasteiger partial charge is 0.447 e. The van der Waals surface area contributed by atoms with Gasteiger partial charge < -0.3 is 19.9 Å². The molecule has 1 saturated heterocycles. The average Bonchev–Trinajstić information content (AvgIpc) is 3.08. The van der Waals surface area contributed by atoms with Gasteiger partial charge in [0.1, 0.15) is 18.4 Å². The summed E-state index contributed by atoms with van der Waals surface area (Å²) < 4.78 is 4.93. The first-order valence-corrected chi connectivity index (χ1v) is 7.68. The maximum Gasteiger partial charge on any atom is 0.407 e. The lowest BCUT2D eigenvalue weighted by atomic mass is 10.0. The number of aromatic amines is 1. The van der Waals surface area contributed by atoms with Crippen LogP contribution in [0.5, 0.6) is 0 Å². The van der Waals surface area contributed by atoms with Crippen LogP contribution < -0.4 is 5.32 Å². The van der Waals surface area contributed by atoms with Crippen molar-refractivity contribution < 1.29 is 9.53 Å². The van der Waals surface area contributed by atoms with Crippen molar-refractivity contribution in [2.24, 2.45) is 0 Å². The topological polar surface area (TPSA) is 81.2 Å². The molecule has 1 aliphatic rings. The van der Waals surface area contributed by atoms with E-state index in [-0.39, 0.29) is 12.1 Å². The summed E-state index contributed by atoms with van der Waals surface area (Å²) in [5.41, 5.74) is 3.80. The number of carbonyl (C=O) groups excluding carboxylic acids is 1. The van der Waals surface area contributed by atoms with Crippen molar-refractivity contribution >= 4 is 17.0 Å². The van der Waals surface area contributed by atoms with Gasteiger partial charge in [0.2, 0.25) is 0 Å². The third-order valence-corrected chi connectivity index (χ3v) is 4.11. The SMILES string of the molecule is CN(C)CCc1c(C#N)[nH]c2ccc(C[C@H]3COC(=O)N3)cc12. The number of likely N-dealkylation sites (N-methyl/N-ethyl adjacent to an activating group) is 1. The third kappa shape index (κ3) is 3.30. The number of hydrogen-bond acceptors (Lipinski definition) is 4. The molecule has 0 radical (unpaired) electrons. The highest BCUT2D eigenvalue weighted by Gasteiger charge is 2.22. The number of ether oxygens (including phenoxy) is 1. The summed E-state index contributed by atoms with van der Waals surface area (Å²) in [5.74, 6) is 0. The molecule has 1 aromatic carbocycles. The van der Waals surface area contributed by atoms with E-state index in [1.54, 1.807) is 0 Å². The Kier molecular flexibility index (Phi) is 4.22. The molecule has 2 aromatic rings. The number of benzene rings is 1. The van der Waals surface area contributed by atoms with Crippen molar-refractivity contribution in [2.45, 2.75) is 18.9 Å². The van der Waals surface area contributed by atoms with Crippen molar-refractivity contribution in [2.75, 3.05) is 27.2 Å². The van der Waals surface area contributed by atoms with Gasteiger partial charge in [-0.15, -0.1) is 0 Å². The minimum atomic E-state index is -0.351. The summed E-state index contributed by atoms with van der Waals surface area (Å²) in [6, 6.07) is 8.41. The normalized spacial score (nSPS) is 17.3. The lowest BCUT2D eigenvalue weighted by Gasteiger charge is -2.10. The van der Waals surface area contributed by atoms with E-state index >= 15 is 0 Å². The van der Waals surface area contributed by atoms with Crippen LogP contribution in [0.1, 0.15) is 16.8 Å². The number of carbonyl (C=O) groups is 1. The van der Waals surface area contributed by atoms with E-state index in [0.29, 0.717) is 12.3 Å². The smallest absolute Gasteiger partial charge is 0.407 e. The molecule has 2 heterocycles. The number of nitrogens with one attached hydrogen (secondary N) is 2. The Hall–Kier alpha value is -2.52. The van der Waals surface area contributed by atoms with E-state index in [1.165, 1.54) is 0 Å². The van der Waals surface area contributed by atoms with Crippen LogP contribution in [0.3, 0.4) is 0 Å². The quantitative estimate of drug-likeness (QED) is 0.882. The van der Waals surface area contributed by atoms with E-state index in [2.05, 4.69) is 27.3 Å². The monoisotopic (exact) mass is 312 g/mol. The van der Waals surface area contributed by atoms with E-state index in [9.17, 15) is 10.1 Å². The molecule has 0 aliphatic carbocycles. The Morgan fingerprint density at radius 1 is 1.43 bits per heavy atom. The number of cyclic esters (lactones) is 1. The lowest BCUT2D eigenvalue weighted by Crippen LogP contribution is -2.28. The Morgan fingerprint density at radius 3 is 2.91 bits per heavy atom. The zero-order valence-corrected chi connectivity index (χ0v) is 13.3. The molecule has 6 nitrogen and oxygen atoms in total. The molecule has 1 fully saturated rings. The van der Waals surface area contributed by atoms with Gasteiger partial charge in [0.15, 0.2) is 0 Å². The van der Waals surface area contributed by atoms with Crippen molar-refractivity contribution in [1.82, 2.24) is 15.2 Å². The number of rotatable bonds is 5. The zero-order valence-electron chi connectivity index (χ0n) is 13.3. The van der Waals surface area contributed by atoms with Gasteiger partial charge in [-0.05, 0) is 50.2 Å². The van der Waals surface area contributed by atoms with Crippen LogP contribution in [0.4, 0.5) is 4.79 Å². The summed E-state index contributed by atoms with van der Waals surface area (Å²) in [4.78, 5) is 16.4. The molecule has 1 aliphatic heterocycles. The summed E-state index contributed by atoms with van der Waals surface area (Å²) >= 11 is 0. The van der Waals surface area contributed by atoms with Gasteiger partial charge in [-0.3, -0.25) is 0 Å². The molecule has 6 heteroatoms. The molecule has 120 valence electrons. The first kappa shape index (κ1) is 15.4. The van der Waals surface area contributed by atoms with Gasteiger partial charge in [0, 0.05) is 17.4 Å². The average molecular weight is 312 g/mol. The number of nitriles is 1. The second-order valence-corrected chi connectivity index (χ2v) is 6.17.